The molecule has 8 heteroatoms. The molecule has 2 fully saturated rings. The highest BCUT2D eigenvalue weighted by atomic mass is 32.2. The molecule has 0 N–H and O–H groups in total. The summed E-state index contributed by atoms with van der Waals surface area (Å²) in [5.74, 6) is 4.16. The maximum Gasteiger partial charge on any atom is 0.190 e. The first-order chi connectivity index (χ1) is 15.2. The smallest absolute Gasteiger partial charge is 0.190 e. The number of anilines is 1. The Morgan fingerprint density at radius 3 is 2.34 bits per heavy atom. The summed E-state index contributed by atoms with van der Waals surface area (Å²) in [5, 5.41) is 9.40. The second-order valence-electron chi connectivity index (χ2n) is 10.7. The van der Waals surface area contributed by atoms with Gasteiger partial charge in [-0.05, 0) is 32.7 Å². The Labute approximate surface area is 197 Å². The van der Waals surface area contributed by atoms with Crippen LogP contribution in [-0.4, -0.2) is 68.1 Å². The number of aryl methyl sites for hydroxylation is 1. The van der Waals surface area contributed by atoms with E-state index in [9.17, 15) is 0 Å². The van der Waals surface area contributed by atoms with Crippen LogP contribution in [0.4, 0.5) is 5.82 Å². The van der Waals surface area contributed by atoms with E-state index in [4.69, 9.17) is 9.97 Å². The first-order valence-corrected chi connectivity index (χ1v) is 13.0. The van der Waals surface area contributed by atoms with Gasteiger partial charge in [0.2, 0.25) is 0 Å². The Morgan fingerprint density at radius 2 is 1.78 bits per heavy atom. The normalized spacial score (nSPS) is 19.2. The molecule has 1 aliphatic heterocycles. The van der Waals surface area contributed by atoms with Crippen molar-refractivity contribution in [3.63, 3.8) is 0 Å². The number of thioether (sulfide) groups is 1. The fraction of sp³-hybridized carbons (Fsp3) is 0.750. The molecule has 2 aromatic rings. The minimum Gasteiger partial charge on any atom is -0.354 e. The molecule has 0 radical (unpaired) electrons. The van der Waals surface area contributed by atoms with Crippen molar-refractivity contribution in [2.24, 2.45) is 7.05 Å². The predicted molar refractivity (Wildman–Crippen MR) is 132 cm³/mol. The summed E-state index contributed by atoms with van der Waals surface area (Å²) in [6, 6.07) is 2.28. The van der Waals surface area contributed by atoms with Crippen LogP contribution in [0.2, 0.25) is 0 Å². The van der Waals surface area contributed by atoms with Crippen LogP contribution < -0.4 is 4.90 Å². The molecule has 32 heavy (non-hydrogen) atoms. The summed E-state index contributed by atoms with van der Waals surface area (Å²) >= 11 is 1.80. The van der Waals surface area contributed by atoms with E-state index >= 15 is 0 Å². The van der Waals surface area contributed by atoms with Gasteiger partial charge in [-0.3, -0.25) is 4.90 Å². The summed E-state index contributed by atoms with van der Waals surface area (Å²) in [6.45, 7) is 16.4. The zero-order valence-corrected chi connectivity index (χ0v) is 21.5. The van der Waals surface area contributed by atoms with Gasteiger partial charge in [0.25, 0.3) is 0 Å². The molecule has 2 aliphatic rings. The summed E-state index contributed by atoms with van der Waals surface area (Å²) in [4.78, 5) is 15.1. The lowest BCUT2D eigenvalue weighted by Crippen LogP contribution is -2.47. The van der Waals surface area contributed by atoms with Gasteiger partial charge in [0, 0.05) is 55.9 Å². The van der Waals surface area contributed by atoms with Crippen molar-refractivity contribution in [2.45, 2.75) is 76.3 Å². The van der Waals surface area contributed by atoms with Gasteiger partial charge in [-0.25, -0.2) is 9.97 Å². The van der Waals surface area contributed by atoms with Crippen molar-refractivity contribution in [2.75, 3.05) is 43.4 Å². The van der Waals surface area contributed by atoms with Crippen LogP contribution in [0.1, 0.15) is 70.7 Å². The zero-order chi connectivity index (χ0) is 22.9. The van der Waals surface area contributed by atoms with Gasteiger partial charge < -0.3 is 9.47 Å². The molecule has 0 spiro atoms. The SMILES string of the molecule is Cc1nnc(SCCCN2CCN(c3cc(C4(C)CCC4)nc(C(C)(C)C)n3)CC2)n1C. The number of piperazine rings is 1. The summed E-state index contributed by atoms with van der Waals surface area (Å²) in [5.41, 5.74) is 1.45. The standard InChI is InChI=1S/C24H39N7S/c1-18-27-28-22(29(18)6)32-16-8-11-30-12-14-31(15-13-30)20-17-19(24(5)9-7-10-24)25-21(26-20)23(2,3)4/h17H,7-16H2,1-6H3. The van der Waals surface area contributed by atoms with Gasteiger partial charge in [0.05, 0.1) is 5.69 Å². The van der Waals surface area contributed by atoms with Crippen molar-refractivity contribution < 1.29 is 0 Å². The van der Waals surface area contributed by atoms with E-state index in [1.54, 1.807) is 11.8 Å². The Morgan fingerprint density at radius 1 is 1.06 bits per heavy atom. The highest BCUT2D eigenvalue weighted by molar-refractivity contribution is 7.99. The second-order valence-corrected chi connectivity index (χ2v) is 11.8. The van der Waals surface area contributed by atoms with Gasteiger partial charge in [0.1, 0.15) is 17.5 Å². The molecule has 3 heterocycles. The average Bonchev–Trinajstić information content (AvgIpc) is 3.06. The predicted octanol–water partition coefficient (Wildman–Crippen LogP) is 3.96. The molecule has 0 unspecified atom stereocenters. The van der Waals surface area contributed by atoms with E-state index in [0.29, 0.717) is 0 Å². The number of aromatic nitrogens is 5. The Kier molecular flexibility index (Phi) is 6.82. The molecule has 0 bridgehead atoms. The molecule has 7 nitrogen and oxygen atoms in total. The highest BCUT2D eigenvalue weighted by Crippen LogP contribution is 2.43. The van der Waals surface area contributed by atoms with Crippen molar-refractivity contribution in [3.05, 3.63) is 23.4 Å². The van der Waals surface area contributed by atoms with E-state index in [-0.39, 0.29) is 10.8 Å². The lowest BCUT2D eigenvalue weighted by atomic mass is 9.68. The maximum absolute atomic E-state index is 5.03. The first kappa shape index (κ1) is 23.5. The summed E-state index contributed by atoms with van der Waals surface area (Å²) in [7, 11) is 2.03. The quantitative estimate of drug-likeness (QED) is 0.461. The molecule has 1 aliphatic carbocycles. The van der Waals surface area contributed by atoms with Crippen LogP contribution in [0.15, 0.2) is 11.2 Å². The lowest BCUT2D eigenvalue weighted by Gasteiger charge is -2.40. The number of nitrogens with zero attached hydrogens (tertiary/aromatic N) is 7. The molecule has 1 saturated carbocycles. The lowest BCUT2D eigenvalue weighted by molar-refractivity contribution is 0.256. The Hall–Kier alpha value is -1.67. The van der Waals surface area contributed by atoms with E-state index in [2.05, 4.69) is 58.3 Å². The fourth-order valence-electron chi connectivity index (χ4n) is 4.37. The minimum atomic E-state index is -0.0361. The molecular weight excluding hydrogens is 418 g/mol. The van der Waals surface area contributed by atoms with Crippen molar-refractivity contribution in [3.8, 4) is 0 Å². The molecule has 0 atom stereocenters. The van der Waals surface area contributed by atoms with Gasteiger partial charge >= 0.3 is 0 Å². The van der Waals surface area contributed by atoms with Crippen LogP contribution >= 0.6 is 11.8 Å². The van der Waals surface area contributed by atoms with Crippen molar-refractivity contribution >= 4 is 17.6 Å². The van der Waals surface area contributed by atoms with Crippen molar-refractivity contribution in [1.82, 2.24) is 29.6 Å². The molecule has 0 amide bonds. The highest BCUT2D eigenvalue weighted by Gasteiger charge is 2.37. The molecular formula is C24H39N7S. The maximum atomic E-state index is 5.03. The van der Waals surface area contributed by atoms with Crippen LogP contribution in [-0.2, 0) is 17.9 Å². The molecule has 2 aromatic heterocycles. The zero-order valence-electron chi connectivity index (χ0n) is 20.7. The molecule has 4 rings (SSSR count). The average molecular weight is 458 g/mol. The fourth-order valence-corrected chi connectivity index (χ4v) is 5.25. The van der Waals surface area contributed by atoms with Gasteiger partial charge in [-0.2, -0.15) is 0 Å². The third-order valence-corrected chi connectivity index (χ3v) is 8.16. The van der Waals surface area contributed by atoms with E-state index in [1.165, 1.54) is 31.4 Å². The molecule has 0 aromatic carbocycles. The topological polar surface area (TPSA) is 63.0 Å². The first-order valence-electron chi connectivity index (χ1n) is 12.0. The summed E-state index contributed by atoms with van der Waals surface area (Å²) in [6.07, 6.45) is 4.97. The molecule has 176 valence electrons. The third-order valence-electron chi connectivity index (χ3n) is 7.06. The third kappa shape index (κ3) is 5.11. The van der Waals surface area contributed by atoms with E-state index in [1.807, 2.05) is 14.0 Å². The second kappa shape index (κ2) is 9.29. The largest absolute Gasteiger partial charge is 0.354 e. The van der Waals surface area contributed by atoms with Crippen LogP contribution in [0, 0.1) is 6.92 Å². The van der Waals surface area contributed by atoms with E-state index < -0.39 is 0 Å². The number of hydrogen-bond acceptors (Lipinski definition) is 7. The summed E-state index contributed by atoms with van der Waals surface area (Å²) < 4.78 is 2.06. The van der Waals surface area contributed by atoms with Crippen molar-refractivity contribution in [1.29, 1.82) is 0 Å². The number of rotatable bonds is 7. The Bertz CT molecular complexity index is 921. The Balaban J connectivity index is 1.32. The monoisotopic (exact) mass is 457 g/mol. The molecule has 1 saturated heterocycles. The van der Waals surface area contributed by atoms with E-state index in [0.717, 1.165) is 61.1 Å². The van der Waals surface area contributed by atoms with Crippen LogP contribution in [0.5, 0.6) is 0 Å². The van der Waals surface area contributed by atoms with Crippen LogP contribution in [0.25, 0.3) is 0 Å². The van der Waals surface area contributed by atoms with Gasteiger partial charge in [-0.1, -0.05) is 45.9 Å². The van der Waals surface area contributed by atoms with Crippen LogP contribution in [0.3, 0.4) is 0 Å². The van der Waals surface area contributed by atoms with Gasteiger partial charge in [-0.15, -0.1) is 10.2 Å². The van der Waals surface area contributed by atoms with Gasteiger partial charge in [0.15, 0.2) is 5.16 Å². The number of hydrogen-bond donors (Lipinski definition) is 0. The minimum absolute atomic E-state index is 0.0361.